The fourth-order valence-electron chi connectivity index (χ4n) is 2.44. The summed E-state index contributed by atoms with van der Waals surface area (Å²) in [5.74, 6) is -2.18. The van der Waals surface area contributed by atoms with Gasteiger partial charge in [-0.15, -0.1) is 0 Å². The number of benzene rings is 3. The smallest absolute Gasteiger partial charge is 0.329 e. The van der Waals surface area contributed by atoms with E-state index in [0.717, 1.165) is 5.56 Å². The number of halogens is 3. The molecule has 3 rings (SSSR count). The van der Waals surface area contributed by atoms with Crippen LogP contribution in [0.5, 0.6) is 5.75 Å². The molecule has 0 unspecified atom stereocenters. The summed E-state index contributed by atoms with van der Waals surface area (Å²) in [7, 11) is 0. The molecular formula is C22H16Cl2FN3O3. The van der Waals surface area contributed by atoms with Crippen LogP contribution in [0.25, 0.3) is 0 Å². The molecule has 0 aromatic heterocycles. The molecule has 0 heterocycles. The van der Waals surface area contributed by atoms with E-state index >= 15 is 0 Å². The lowest BCUT2D eigenvalue weighted by Crippen LogP contribution is -2.32. The molecular weight excluding hydrogens is 444 g/mol. The third kappa shape index (κ3) is 6.53. The SMILES string of the molecule is O=C(N/N=C/c1cccc(OCc2ccc(Cl)cc2Cl)c1)C(=O)Nc1ccccc1F. The molecule has 0 aliphatic rings. The van der Waals surface area contributed by atoms with Crippen LogP contribution in [-0.4, -0.2) is 18.0 Å². The van der Waals surface area contributed by atoms with Gasteiger partial charge in [0.25, 0.3) is 0 Å². The van der Waals surface area contributed by atoms with Crippen molar-refractivity contribution in [3.63, 3.8) is 0 Å². The van der Waals surface area contributed by atoms with Crippen molar-refractivity contribution in [3.05, 3.63) is 93.7 Å². The molecule has 0 radical (unpaired) electrons. The number of rotatable bonds is 6. The lowest BCUT2D eigenvalue weighted by molar-refractivity contribution is -0.136. The number of amides is 2. The van der Waals surface area contributed by atoms with E-state index in [1.165, 1.54) is 30.5 Å². The highest BCUT2D eigenvalue weighted by atomic mass is 35.5. The van der Waals surface area contributed by atoms with Crippen molar-refractivity contribution in [1.29, 1.82) is 0 Å². The predicted octanol–water partition coefficient (Wildman–Crippen LogP) is 4.80. The van der Waals surface area contributed by atoms with E-state index in [1.54, 1.807) is 42.5 Å². The van der Waals surface area contributed by atoms with Gasteiger partial charge in [0.1, 0.15) is 18.2 Å². The van der Waals surface area contributed by atoms with Crippen molar-refractivity contribution in [1.82, 2.24) is 5.43 Å². The van der Waals surface area contributed by atoms with E-state index in [1.807, 2.05) is 0 Å². The molecule has 6 nitrogen and oxygen atoms in total. The molecule has 31 heavy (non-hydrogen) atoms. The maximum atomic E-state index is 13.5. The molecule has 0 bridgehead atoms. The van der Waals surface area contributed by atoms with Gasteiger partial charge in [-0.25, -0.2) is 9.82 Å². The van der Waals surface area contributed by atoms with Gasteiger partial charge in [-0.05, 0) is 42.0 Å². The van der Waals surface area contributed by atoms with Crippen molar-refractivity contribution in [3.8, 4) is 5.75 Å². The van der Waals surface area contributed by atoms with Crippen LogP contribution >= 0.6 is 23.2 Å². The Balaban J connectivity index is 1.54. The van der Waals surface area contributed by atoms with Crippen LogP contribution in [0.2, 0.25) is 10.0 Å². The fourth-order valence-corrected chi connectivity index (χ4v) is 2.91. The lowest BCUT2D eigenvalue weighted by Gasteiger charge is -2.08. The van der Waals surface area contributed by atoms with Gasteiger partial charge < -0.3 is 10.1 Å². The maximum Gasteiger partial charge on any atom is 0.329 e. The van der Waals surface area contributed by atoms with Gasteiger partial charge in [-0.2, -0.15) is 5.10 Å². The van der Waals surface area contributed by atoms with Gasteiger partial charge in [0, 0.05) is 15.6 Å². The van der Waals surface area contributed by atoms with Crippen LogP contribution in [0.3, 0.4) is 0 Å². The third-order valence-corrected chi connectivity index (χ3v) is 4.56. The summed E-state index contributed by atoms with van der Waals surface area (Å²) in [6.45, 7) is 0.240. The molecule has 2 N–H and O–H groups in total. The summed E-state index contributed by atoms with van der Waals surface area (Å²) in [5, 5.41) is 6.95. The molecule has 2 amide bonds. The van der Waals surface area contributed by atoms with Gasteiger partial charge in [0.15, 0.2) is 0 Å². The fraction of sp³-hybridized carbons (Fsp3) is 0.0455. The predicted molar refractivity (Wildman–Crippen MR) is 118 cm³/mol. The highest BCUT2D eigenvalue weighted by molar-refractivity contribution is 6.39. The number of carbonyl (C=O) groups excluding carboxylic acids is 2. The highest BCUT2D eigenvalue weighted by Gasteiger charge is 2.14. The minimum atomic E-state index is -1.04. The van der Waals surface area contributed by atoms with Gasteiger partial charge in [-0.1, -0.05) is 53.5 Å². The second-order valence-corrected chi connectivity index (χ2v) is 7.07. The highest BCUT2D eigenvalue weighted by Crippen LogP contribution is 2.23. The molecule has 0 aliphatic heterocycles. The Bertz CT molecular complexity index is 1140. The van der Waals surface area contributed by atoms with E-state index in [-0.39, 0.29) is 12.3 Å². The Labute approximate surface area is 187 Å². The number of anilines is 1. The van der Waals surface area contributed by atoms with E-state index in [2.05, 4.69) is 15.8 Å². The molecule has 0 spiro atoms. The van der Waals surface area contributed by atoms with Crippen LogP contribution in [0.4, 0.5) is 10.1 Å². The van der Waals surface area contributed by atoms with Crippen molar-refractivity contribution in [2.24, 2.45) is 5.10 Å². The molecule has 9 heteroatoms. The summed E-state index contributed by atoms with van der Waals surface area (Å²) in [6, 6.07) is 17.6. The van der Waals surface area contributed by atoms with E-state index in [0.29, 0.717) is 21.4 Å². The Morgan fingerprint density at radius 3 is 2.58 bits per heavy atom. The first kappa shape index (κ1) is 22.3. The molecule has 0 aliphatic carbocycles. The normalized spacial score (nSPS) is 10.7. The van der Waals surface area contributed by atoms with Crippen LogP contribution in [0, 0.1) is 5.82 Å². The molecule has 3 aromatic carbocycles. The molecule has 158 valence electrons. The zero-order valence-corrected chi connectivity index (χ0v) is 17.5. The largest absolute Gasteiger partial charge is 0.489 e. The number of para-hydroxylation sites is 1. The zero-order valence-electron chi connectivity index (χ0n) is 15.9. The van der Waals surface area contributed by atoms with Crippen molar-refractivity contribution < 1.29 is 18.7 Å². The number of nitrogens with zero attached hydrogens (tertiary/aromatic N) is 1. The number of ether oxygens (including phenoxy) is 1. The Hall–Kier alpha value is -3.42. The second-order valence-electron chi connectivity index (χ2n) is 6.23. The second kappa shape index (κ2) is 10.6. The van der Waals surface area contributed by atoms with Crippen LogP contribution in [0.15, 0.2) is 71.8 Å². The summed E-state index contributed by atoms with van der Waals surface area (Å²) in [5.41, 5.74) is 3.38. The van der Waals surface area contributed by atoms with Gasteiger partial charge in [0.05, 0.1) is 11.9 Å². The Kier molecular flexibility index (Phi) is 7.59. The van der Waals surface area contributed by atoms with Crippen molar-refractivity contribution >= 4 is 46.9 Å². The zero-order chi connectivity index (χ0) is 22.2. The Morgan fingerprint density at radius 1 is 1.00 bits per heavy atom. The third-order valence-electron chi connectivity index (χ3n) is 3.98. The molecule has 0 fully saturated rings. The number of hydrazone groups is 1. The quantitative estimate of drug-likeness (QED) is 0.315. The monoisotopic (exact) mass is 459 g/mol. The number of nitrogens with one attached hydrogen (secondary N) is 2. The van der Waals surface area contributed by atoms with Gasteiger partial charge >= 0.3 is 11.8 Å². The lowest BCUT2D eigenvalue weighted by atomic mass is 10.2. The van der Waals surface area contributed by atoms with Crippen LogP contribution in [-0.2, 0) is 16.2 Å². The minimum Gasteiger partial charge on any atom is -0.489 e. The summed E-state index contributed by atoms with van der Waals surface area (Å²) in [4.78, 5) is 23.7. The van der Waals surface area contributed by atoms with E-state index < -0.39 is 17.6 Å². The molecule has 0 saturated carbocycles. The maximum absolute atomic E-state index is 13.5. The molecule has 0 saturated heterocycles. The van der Waals surface area contributed by atoms with E-state index in [4.69, 9.17) is 27.9 Å². The Morgan fingerprint density at radius 2 is 1.81 bits per heavy atom. The average molecular weight is 460 g/mol. The minimum absolute atomic E-state index is 0.0997. The van der Waals surface area contributed by atoms with Crippen molar-refractivity contribution in [2.45, 2.75) is 6.61 Å². The average Bonchev–Trinajstić information content (AvgIpc) is 2.75. The summed E-state index contributed by atoms with van der Waals surface area (Å²) < 4.78 is 19.3. The van der Waals surface area contributed by atoms with Crippen molar-refractivity contribution in [2.75, 3.05) is 5.32 Å². The molecule has 0 atom stereocenters. The number of hydrogen-bond acceptors (Lipinski definition) is 4. The summed E-state index contributed by atoms with van der Waals surface area (Å²) in [6.07, 6.45) is 1.34. The van der Waals surface area contributed by atoms with Crippen LogP contribution in [0.1, 0.15) is 11.1 Å². The first-order valence-electron chi connectivity index (χ1n) is 8.98. The summed E-state index contributed by atoms with van der Waals surface area (Å²) >= 11 is 12.0. The van der Waals surface area contributed by atoms with E-state index in [9.17, 15) is 14.0 Å². The standard InChI is InChI=1S/C22H16Cl2FN3O3/c23-16-9-8-15(18(24)11-16)13-31-17-5-3-4-14(10-17)12-26-28-22(30)21(29)27-20-7-2-1-6-19(20)25/h1-12H,13H2,(H,27,29)(H,28,30)/b26-12+. The van der Waals surface area contributed by atoms with Gasteiger partial charge in [0.2, 0.25) is 0 Å². The van der Waals surface area contributed by atoms with Gasteiger partial charge in [-0.3, -0.25) is 9.59 Å². The molecule has 3 aromatic rings. The van der Waals surface area contributed by atoms with Crippen LogP contribution < -0.4 is 15.5 Å². The number of carbonyl (C=O) groups is 2. The first-order valence-corrected chi connectivity index (χ1v) is 9.73. The first-order chi connectivity index (χ1) is 14.9. The topological polar surface area (TPSA) is 79.8 Å². The number of hydrogen-bond donors (Lipinski definition) is 2.